The number of nitrogens with zero attached hydrogens (tertiary/aromatic N) is 3. The molecule has 70 valence electrons. The molecule has 7 heteroatoms. The number of thioether (sulfide) groups is 1. The van der Waals surface area contributed by atoms with Crippen molar-refractivity contribution in [2.45, 2.75) is 0 Å². The molecule has 2 aliphatic rings. The van der Waals surface area contributed by atoms with Crippen LogP contribution >= 0.6 is 40.7 Å². The van der Waals surface area contributed by atoms with Crippen molar-refractivity contribution < 1.29 is 3.62 Å². The van der Waals surface area contributed by atoms with E-state index in [1.807, 2.05) is 18.5 Å². The minimum absolute atomic E-state index is 0.292. The summed E-state index contributed by atoms with van der Waals surface area (Å²) in [4.78, 5) is 4.26. The molecule has 0 aromatic rings. The van der Waals surface area contributed by atoms with Crippen LogP contribution in [0.2, 0.25) is 0 Å². The number of quaternary nitrogens is 1. The predicted molar refractivity (Wildman–Crippen MR) is 61.3 cm³/mol. The molecule has 13 heavy (non-hydrogen) atoms. The number of aliphatic imine (C=N–C) groups is 1. The number of hydrogen-bond donors (Lipinski definition) is 2. The van der Waals surface area contributed by atoms with Crippen molar-refractivity contribution in [2.75, 3.05) is 6.26 Å². The Morgan fingerprint density at radius 3 is 3.23 bits per heavy atom. The second-order valence-corrected chi connectivity index (χ2v) is 4.94. The van der Waals surface area contributed by atoms with E-state index < -0.39 is 0 Å². The van der Waals surface area contributed by atoms with Crippen LogP contribution in [-0.2, 0) is 0 Å². The van der Waals surface area contributed by atoms with Gasteiger partial charge in [-0.15, -0.1) is 11.8 Å². The second kappa shape index (κ2) is 3.32. The zero-order valence-electron chi connectivity index (χ0n) is 6.81. The van der Waals surface area contributed by atoms with Gasteiger partial charge in [0.15, 0.2) is 5.70 Å². The molecule has 0 aliphatic carbocycles. The Labute approximate surface area is 94.8 Å². The van der Waals surface area contributed by atoms with Crippen LogP contribution in [0.25, 0.3) is 0 Å². The van der Waals surface area contributed by atoms with Crippen molar-refractivity contribution >= 4 is 47.1 Å². The maximum absolute atomic E-state index is 4.26. The summed E-state index contributed by atoms with van der Waals surface area (Å²) < 4.78 is 1.89. The molecule has 0 saturated carbocycles. The Balaban J connectivity index is 2.35. The summed E-state index contributed by atoms with van der Waals surface area (Å²) in [6.45, 7) is 0. The van der Waals surface area contributed by atoms with E-state index in [1.165, 1.54) is 0 Å². The summed E-state index contributed by atoms with van der Waals surface area (Å²) >= 11 is 9.26. The third-order valence-corrected chi connectivity index (χ3v) is 3.30. The summed E-state index contributed by atoms with van der Waals surface area (Å²) in [5.74, 6) is 0. The fourth-order valence-electron chi connectivity index (χ4n) is 1.08. The molecular weight excluding hydrogens is 272 g/mol. The Kier molecular flexibility index (Phi) is 2.45. The molecule has 1 atom stereocenters. The monoisotopic (exact) mass is 279 g/mol. The average Bonchev–Trinajstić information content (AvgIpc) is 2.37. The topological polar surface area (TPSA) is 27.6 Å². The second-order valence-electron chi connectivity index (χ2n) is 2.57. The van der Waals surface area contributed by atoms with Crippen molar-refractivity contribution in [1.29, 1.82) is 0 Å². The molecule has 0 radical (unpaired) electrons. The lowest BCUT2D eigenvalue weighted by Gasteiger charge is -2.22. The third-order valence-electron chi connectivity index (χ3n) is 1.70. The highest BCUT2D eigenvalue weighted by Gasteiger charge is 2.39. The van der Waals surface area contributed by atoms with E-state index in [0.29, 0.717) is 3.62 Å². The lowest BCUT2D eigenvalue weighted by molar-refractivity contribution is -0.687. The molecule has 0 bridgehead atoms. The minimum atomic E-state index is 0.292. The van der Waals surface area contributed by atoms with Crippen molar-refractivity contribution in [1.82, 2.24) is 9.95 Å². The number of halogens is 1. The molecular formula is C6H8BrN4S2+. The van der Waals surface area contributed by atoms with Gasteiger partial charge < -0.3 is 0 Å². The van der Waals surface area contributed by atoms with Gasteiger partial charge in [0.1, 0.15) is 5.03 Å². The van der Waals surface area contributed by atoms with Gasteiger partial charge in [-0.3, -0.25) is 0 Å². The number of fused-ring (bicyclic) bond motifs is 1. The summed E-state index contributed by atoms with van der Waals surface area (Å²) in [5, 5.41) is 0.991. The lowest BCUT2D eigenvalue weighted by Crippen LogP contribution is -2.46. The van der Waals surface area contributed by atoms with E-state index in [4.69, 9.17) is 0 Å². The number of thiol groups is 1. The number of hydrogen-bond acceptors (Lipinski definition) is 5. The highest BCUT2D eigenvalue weighted by molar-refractivity contribution is 9.05. The first-order valence-corrected chi connectivity index (χ1v) is 5.85. The van der Waals surface area contributed by atoms with E-state index in [0.717, 1.165) is 10.7 Å². The molecule has 2 aliphatic heterocycles. The van der Waals surface area contributed by atoms with Gasteiger partial charge in [0.25, 0.3) is 16.1 Å². The van der Waals surface area contributed by atoms with Crippen LogP contribution in [0.4, 0.5) is 0 Å². The van der Waals surface area contributed by atoms with Crippen molar-refractivity contribution in [3.05, 3.63) is 23.0 Å². The molecule has 4 nitrogen and oxygen atoms in total. The van der Waals surface area contributed by atoms with Gasteiger partial charge in [-0.2, -0.15) is 4.99 Å². The molecule has 0 saturated heterocycles. The van der Waals surface area contributed by atoms with Crippen LogP contribution in [0, 0.1) is 0 Å². The maximum Gasteiger partial charge on any atom is 0.266 e. The molecule has 1 N–H and O–H groups in total. The molecule has 2 rings (SSSR count). The number of hydrazine groups is 1. The predicted octanol–water partition coefficient (Wildman–Crippen LogP) is 1.78. The normalized spacial score (nSPS) is 31.5. The molecule has 0 amide bonds. The average molecular weight is 280 g/mol. The maximum atomic E-state index is 4.26. The van der Waals surface area contributed by atoms with Gasteiger partial charge in [-0.05, 0) is 24.6 Å². The van der Waals surface area contributed by atoms with Crippen molar-refractivity contribution in [3.63, 3.8) is 0 Å². The quantitative estimate of drug-likeness (QED) is 0.566. The van der Waals surface area contributed by atoms with Crippen LogP contribution < -0.4 is 5.53 Å². The fourth-order valence-corrected chi connectivity index (χ4v) is 2.31. The Morgan fingerprint density at radius 1 is 1.77 bits per heavy atom. The number of allylic oxidation sites excluding steroid dienone is 1. The van der Waals surface area contributed by atoms with Crippen LogP contribution in [0.3, 0.4) is 0 Å². The Bertz CT molecular complexity index is 327. The zero-order chi connectivity index (χ0) is 9.47. The zero-order valence-corrected chi connectivity index (χ0v) is 10.1. The standard InChI is InChI=1S/C6H8BrN4S2/c1-13-6-2-5-3-10(12)9-11(5,7)4-8-6/h2-4,9,12H,1H3/q+1. The molecule has 0 aromatic carbocycles. The van der Waals surface area contributed by atoms with Crippen molar-refractivity contribution in [3.8, 4) is 0 Å². The minimum Gasteiger partial charge on any atom is -0.209 e. The molecule has 0 aromatic heterocycles. The van der Waals surface area contributed by atoms with Gasteiger partial charge in [-0.25, -0.2) is 4.41 Å². The highest BCUT2D eigenvalue weighted by Crippen LogP contribution is 2.33. The van der Waals surface area contributed by atoms with E-state index in [2.05, 4.69) is 39.5 Å². The van der Waals surface area contributed by atoms with E-state index in [1.54, 1.807) is 22.5 Å². The van der Waals surface area contributed by atoms with Crippen LogP contribution in [-0.4, -0.2) is 20.6 Å². The van der Waals surface area contributed by atoms with Crippen LogP contribution in [0.5, 0.6) is 0 Å². The first kappa shape index (κ1) is 9.60. The molecule has 2 heterocycles. The molecule has 0 spiro atoms. The summed E-state index contributed by atoms with van der Waals surface area (Å²) in [6.07, 6.45) is 7.66. The molecule has 1 unspecified atom stereocenters. The molecule has 0 fully saturated rings. The van der Waals surface area contributed by atoms with Crippen LogP contribution in [0.15, 0.2) is 28.0 Å². The van der Waals surface area contributed by atoms with E-state index >= 15 is 0 Å². The third kappa shape index (κ3) is 1.66. The summed E-state index contributed by atoms with van der Waals surface area (Å²) in [5.41, 5.74) is 4.08. The summed E-state index contributed by atoms with van der Waals surface area (Å²) in [6, 6.07) is 0. The van der Waals surface area contributed by atoms with E-state index in [-0.39, 0.29) is 0 Å². The summed E-state index contributed by atoms with van der Waals surface area (Å²) in [7, 11) is 0. The fraction of sp³-hybridized carbons (Fsp3) is 0.167. The Hall–Kier alpha value is 0.0500. The highest BCUT2D eigenvalue weighted by atomic mass is 79.9. The number of rotatable bonds is 1. The van der Waals surface area contributed by atoms with Gasteiger partial charge in [0.2, 0.25) is 6.34 Å². The largest absolute Gasteiger partial charge is 0.266 e. The van der Waals surface area contributed by atoms with Crippen LogP contribution in [0.1, 0.15) is 0 Å². The first-order valence-electron chi connectivity index (χ1n) is 3.52. The van der Waals surface area contributed by atoms with Gasteiger partial charge in [-0.1, -0.05) is 3.62 Å². The van der Waals surface area contributed by atoms with Gasteiger partial charge in [0, 0.05) is 6.08 Å². The number of nitrogens with one attached hydrogen (secondary N) is 1. The smallest absolute Gasteiger partial charge is 0.209 e. The van der Waals surface area contributed by atoms with Gasteiger partial charge >= 0.3 is 0 Å². The SMILES string of the molecule is CSC1=CC2=CN(S)N[N+]2(Br)C=N1. The first-order chi connectivity index (χ1) is 6.14. The van der Waals surface area contributed by atoms with Gasteiger partial charge in [0.05, 0.1) is 6.20 Å². The lowest BCUT2D eigenvalue weighted by atomic mass is 10.4. The van der Waals surface area contributed by atoms with E-state index in [9.17, 15) is 0 Å². The Morgan fingerprint density at radius 2 is 2.54 bits per heavy atom. The van der Waals surface area contributed by atoms with Crippen molar-refractivity contribution in [2.24, 2.45) is 4.99 Å².